The van der Waals surface area contributed by atoms with Gasteiger partial charge in [0.05, 0.1) is 28.6 Å². The number of aromatic nitrogens is 2. The standard InChI is InChI=1S/C32H43BrFN7O2/c1-21-17-26(29(43-6)19-27(21)41-11-9-23(10-12-41)40-15-13-38(4)14-16-40)36-31-35-20-25(33)30(37-31)39(5)28-18-22(34)7-8-24(28)32(2,3)42/h7-8,17-20,23,42H,9-16H2,1-6H3,(H,35,36,37). The van der Waals surface area contributed by atoms with E-state index < -0.39 is 11.4 Å². The highest BCUT2D eigenvalue weighted by Gasteiger charge is 2.28. The first-order chi connectivity index (χ1) is 20.4. The lowest BCUT2D eigenvalue weighted by Crippen LogP contribution is -2.52. The van der Waals surface area contributed by atoms with E-state index in [-0.39, 0.29) is 0 Å². The minimum absolute atomic E-state index is 0.365. The van der Waals surface area contributed by atoms with Gasteiger partial charge >= 0.3 is 0 Å². The zero-order valence-electron chi connectivity index (χ0n) is 26.0. The smallest absolute Gasteiger partial charge is 0.229 e. The Bertz CT molecular complexity index is 1430. The third-order valence-electron chi connectivity index (χ3n) is 8.65. The summed E-state index contributed by atoms with van der Waals surface area (Å²) in [5, 5.41) is 14.1. The largest absolute Gasteiger partial charge is 0.494 e. The molecule has 2 aromatic carbocycles. The number of nitrogens with zero attached hydrogens (tertiary/aromatic N) is 6. The van der Waals surface area contributed by atoms with Crippen molar-refractivity contribution in [1.29, 1.82) is 0 Å². The van der Waals surface area contributed by atoms with Crippen molar-refractivity contribution in [2.75, 3.05) is 75.6 Å². The number of anilines is 5. The fourth-order valence-corrected chi connectivity index (χ4v) is 6.59. The van der Waals surface area contributed by atoms with E-state index >= 15 is 0 Å². The summed E-state index contributed by atoms with van der Waals surface area (Å²) in [6.45, 7) is 12.1. The number of rotatable bonds is 8. The Kier molecular flexibility index (Phi) is 9.46. The van der Waals surface area contributed by atoms with E-state index in [0.717, 1.165) is 63.4 Å². The molecule has 3 aromatic rings. The number of piperidine rings is 1. The summed E-state index contributed by atoms with van der Waals surface area (Å²) < 4.78 is 20.7. The molecule has 5 rings (SSSR count). The highest BCUT2D eigenvalue weighted by atomic mass is 79.9. The molecule has 232 valence electrons. The molecule has 0 spiro atoms. The van der Waals surface area contributed by atoms with E-state index in [9.17, 15) is 9.50 Å². The normalized spacial score (nSPS) is 17.3. The van der Waals surface area contributed by atoms with Gasteiger partial charge in [0.15, 0.2) is 5.82 Å². The SMILES string of the molecule is COc1cc(N2CCC(N3CCN(C)CC3)CC2)c(C)cc1Nc1ncc(Br)c(N(C)c2cc(F)ccc2C(C)(C)O)n1. The highest BCUT2D eigenvalue weighted by Crippen LogP contribution is 2.39. The van der Waals surface area contributed by atoms with Gasteiger partial charge in [0.1, 0.15) is 11.6 Å². The maximum Gasteiger partial charge on any atom is 0.229 e. The number of hydrogen-bond donors (Lipinski definition) is 2. The number of nitrogens with one attached hydrogen (secondary N) is 1. The molecule has 0 bridgehead atoms. The predicted octanol–water partition coefficient (Wildman–Crippen LogP) is 5.65. The number of hydrogen-bond acceptors (Lipinski definition) is 9. The van der Waals surface area contributed by atoms with E-state index in [1.165, 1.54) is 17.8 Å². The second-order valence-corrected chi connectivity index (χ2v) is 13.0. The second-order valence-electron chi connectivity index (χ2n) is 12.2. The van der Waals surface area contributed by atoms with E-state index in [1.54, 1.807) is 45.2 Å². The molecule has 9 nitrogen and oxygen atoms in total. The number of likely N-dealkylation sites (N-methyl/N-ethyl adjacent to an activating group) is 1. The maximum absolute atomic E-state index is 14.3. The molecule has 1 aromatic heterocycles. The Balaban J connectivity index is 1.34. The number of benzene rings is 2. The molecule has 2 aliphatic heterocycles. The molecule has 0 aliphatic carbocycles. The average Bonchev–Trinajstić information content (AvgIpc) is 2.98. The molecular weight excluding hydrogens is 613 g/mol. The van der Waals surface area contributed by atoms with Crippen molar-refractivity contribution in [2.45, 2.75) is 45.3 Å². The number of aliphatic hydroxyl groups is 1. The fourth-order valence-electron chi connectivity index (χ4n) is 6.13. The van der Waals surface area contributed by atoms with Crippen LogP contribution in [0.4, 0.5) is 33.2 Å². The lowest BCUT2D eigenvalue weighted by Gasteiger charge is -2.43. The Morgan fingerprint density at radius 3 is 2.44 bits per heavy atom. The summed E-state index contributed by atoms with van der Waals surface area (Å²) in [4.78, 5) is 18.5. The van der Waals surface area contributed by atoms with Gasteiger partial charge in [0.25, 0.3) is 0 Å². The van der Waals surface area contributed by atoms with Crippen LogP contribution < -0.4 is 19.9 Å². The third-order valence-corrected chi connectivity index (χ3v) is 9.21. The number of halogens is 2. The first kappa shape index (κ1) is 31.4. The van der Waals surface area contributed by atoms with Crippen LogP contribution >= 0.6 is 15.9 Å². The van der Waals surface area contributed by atoms with E-state index in [1.807, 2.05) is 0 Å². The maximum atomic E-state index is 14.3. The minimum atomic E-state index is -1.18. The van der Waals surface area contributed by atoms with Crippen molar-refractivity contribution in [3.63, 3.8) is 0 Å². The van der Waals surface area contributed by atoms with Crippen molar-refractivity contribution >= 4 is 44.8 Å². The van der Waals surface area contributed by atoms with E-state index in [2.05, 4.69) is 67.0 Å². The molecule has 0 unspecified atom stereocenters. The van der Waals surface area contributed by atoms with Gasteiger partial charge in [0.2, 0.25) is 5.95 Å². The van der Waals surface area contributed by atoms with Crippen molar-refractivity contribution in [1.82, 2.24) is 19.8 Å². The van der Waals surface area contributed by atoms with Crippen molar-refractivity contribution in [3.8, 4) is 5.75 Å². The van der Waals surface area contributed by atoms with Gasteiger partial charge in [-0.25, -0.2) is 9.37 Å². The summed E-state index contributed by atoms with van der Waals surface area (Å²) in [6, 6.07) is 9.17. The van der Waals surface area contributed by atoms with Crippen LogP contribution in [0.25, 0.3) is 0 Å². The lowest BCUT2D eigenvalue weighted by molar-refractivity contribution is 0.0791. The van der Waals surface area contributed by atoms with Gasteiger partial charge in [0, 0.05) is 75.9 Å². The van der Waals surface area contributed by atoms with E-state index in [0.29, 0.717) is 39.3 Å². The predicted molar refractivity (Wildman–Crippen MR) is 175 cm³/mol. The first-order valence-corrected chi connectivity index (χ1v) is 15.7. The van der Waals surface area contributed by atoms with Crippen LogP contribution in [0.1, 0.15) is 37.8 Å². The zero-order chi connectivity index (χ0) is 30.9. The molecule has 0 atom stereocenters. The van der Waals surface area contributed by atoms with Crippen LogP contribution in [0, 0.1) is 12.7 Å². The number of ether oxygens (including phenoxy) is 1. The number of aryl methyl sites for hydroxylation is 1. The van der Waals surface area contributed by atoms with Crippen LogP contribution in [-0.4, -0.2) is 91.4 Å². The summed E-state index contributed by atoms with van der Waals surface area (Å²) >= 11 is 3.55. The van der Waals surface area contributed by atoms with E-state index in [4.69, 9.17) is 9.72 Å². The summed E-state index contributed by atoms with van der Waals surface area (Å²) in [5.74, 6) is 1.19. The summed E-state index contributed by atoms with van der Waals surface area (Å²) in [7, 11) is 5.66. The van der Waals surface area contributed by atoms with Gasteiger partial charge < -0.3 is 29.9 Å². The molecule has 2 aliphatic rings. The van der Waals surface area contributed by atoms with Crippen molar-refractivity contribution in [3.05, 3.63) is 57.9 Å². The Labute approximate surface area is 262 Å². The lowest BCUT2D eigenvalue weighted by atomic mass is 9.96. The number of methoxy groups -OCH3 is 1. The molecular formula is C32H43BrFN7O2. The van der Waals surface area contributed by atoms with Gasteiger partial charge in [-0.1, -0.05) is 6.07 Å². The van der Waals surface area contributed by atoms with Gasteiger partial charge in [-0.15, -0.1) is 0 Å². The van der Waals surface area contributed by atoms with Gasteiger partial charge in [-0.2, -0.15) is 4.98 Å². The minimum Gasteiger partial charge on any atom is -0.494 e. The molecule has 2 saturated heterocycles. The monoisotopic (exact) mass is 655 g/mol. The van der Waals surface area contributed by atoms with Crippen LogP contribution in [0.2, 0.25) is 0 Å². The third kappa shape index (κ3) is 7.06. The average molecular weight is 657 g/mol. The van der Waals surface area contributed by atoms with Crippen LogP contribution in [-0.2, 0) is 5.60 Å². The Morgan fingerprint density at radius 2 is 1.79 bits per heavy atom. The molecule has 11 heteroatoms. The topological polar surface area (TPSA) is 80.2 Å². The number of piperazine rings is 1. The molecule has 0 amide bonds. The molecule has 2 N–H and O–H groups in total. The van der Waals surface area contributed by atoms with Gasteiger partial charge in [-0.05, 0) is 80.4 Å². The second kappa shape index (κ2) is 12.9. The Hall–Kier alpha value is -2.99. The summed E-state index contributed by atoms with van der Waals surface area (Å²) in [5.41, 5.74) is 3.00. The highest BCUT2D eigenvalue weighted by molar-refractivity contribution is 9.10. The molecule has 0 radical (unpaired) electrons. The summed E-state index contributed by atoms with van der Waals surface area (Å²) in [6.07, 6.45) is 3.98. The quantitative estimate of drug-likeness (QED) is 0.320. The molecule has 43 heavy (non-hydrogen) atoms. The van der Waals surface area contributed by atoms with Crippen LogP contribution in [0.3, 0.4) is 0 Å². The van der Waals surface area contributed by atoms with Crippen molar-refractivity contribution < 1.29 is 14.2 Å². The van der Waals surface area contributed by atoms with Gasteiger partial charge in [-0.3, -0.25) is 4.90 Å². The van der Waals surface area contributed by atoms with Crippen LogP contribution in [0.5, 0.6) is 5.75 Å². The molecule has 0 saturated carbocycles. The first-order valence-electron chi connectivity index (χ1n) is 14.9. The van der Waals surface area contributed by atoms with Crippen molar-refractivity contribution in [2.24, 2.45) is 0 Å². The van der Waals surface area contributed by atoms with Crippen LogP contribution in [0.15, 0.2) is 41.0 Å². The Morgan fingerprint density at radius 1 is 1.09 bits per heavy atom. The molecule has 2 fully saturated rings. The molecule has 3 heterocycles. The zero-order valence-corrected chi connectivity index (χ0v) is 27.6. The fraction of sp³-hybridized carbons (Fsp3) is 0.500.